The lowest BCUT2D eigenvalue weighted by Crippen LogP contribution is -1.89. The van der Waals surface area contributed by atoms with E-state index in [1.165, 1.54) is 94.3 Å². The largest absolute Gasteiger partial charge is 0.504 e. The molecule has 0 unspecified atom stereocenters. The molecule has 0 aromatic heterocycles. The van der Waals surface area contributed by atoms with Gasteiger partial charge in [0.2, 0.25) is 0 Å². The van der Waals surface area contributed by atoms with Crippen LogP contribution in [0.1, 0.15) is 197 Å². The van der Waals surface area contributed by atoms with E-state index < -0.39 is 0 Å². The first-order valence-electron chi connectivity index (χ1n) is 23.1. The van der Waals surface area contributed by atoms with Gasteiger partial charge in [0.1, 0.15) is 0 Å². The Labute approximate surface area is 365 Å². The van der Waals surface area contributed by atoms with E-state index in [-0.39, 0.29) is 5.75 Å². The molecule has 2 heteroatoms. The Morgan fingerprint density at radius 3 is 0.898 bits per heavy atom. The molecule has 0 fully saturated rings. The van der Waals surface area contributed by atoms with E-state index in [1.807, 2.05) is 12.1 Å². The first-order valence-corrected chi connectivity index (χ1v) is 23.1. The molecule has 0 aliphatic carbocycles. The summed E-state index contributed by atoms with van der Waals surface area (Å²) < 4.78 is 5.23. The van der Waals surface area contributed by atoms with E-state index in [9.17, 15) is 5.11 Å². The minimum Gasteiger partial charge on any atom is -0.504 e. The van der Waals surface area contributed by atoms with Gasteiger partial charge in [0, 0.05) is 5.56 Å². The molecule has 0 amide bonds. The number of methoxy groups -OCH3 is 1. The highest BCUT2D eigenvalue weighted by Gasteiger charge is 2.06. The number of aromatic hydroxyl groups is 1. The molecule has 2 nitrogen and oxygen atoms in total. The van der Waals surface area contributed by atoms with Crippen LogP contribution in [-0.2, 0) is 6.42 Å². The van der Waals surface area contributed by atoms with Gasteiger partial charge in [0.15, 0.2) is 11.5 Å². The molecule has 1 rings (SSSR count). The second kappa shape index (κ2) is 33.0. The predicted molar refractivity (Wildman–Crippen MR) is 265 cm³/mol. The SMILES string of the molecule is COc1cccc(CC=C(C)CCC=C(C)CCC=C(C)CCC=C(C)CCC=C(C)CCC=C(C)CCC=C(C)CCC=C(C)CCC=C(C)CCC=C(C)C)c1O. The summed E-state index contributed by atoms with van der Waals surface area (Å²) in [7, 11) is 1.59. The van der Waals surface area contributed by atoms with Crippen molar-refractivity contribution >= 4 is 0 Å². The lowest BCUT2D eigenvalue weighted by molar-refractivity contribution is 0.371. The van der Waals surface area contributed by atoms with Gasteiger partial charge in [0.25, 0.3) is 0 Å². The number of rotatable bonds is 30. The Morgan fingerprint density at radius 1 is 0.390 bits per heavy atom. The zero-order chi connectivity index (χ0) is 43.8. The fraction of sp³-hybridized carbons (Fsp3) is 0.544. The van der Waals surface area contributed by atoms with Crippen molar-refractivity contribution < 1.29 is 9.84 Å². The average molecular weight is 805 g/mol. The van der Waals surface area contributed by atoms with Crippen LogP contribution in [0.5, 0.6) is 11.5 Å². The van der Waals surface area contributed by atoms with Crippen molar-refractivity contribution in [2.75, 3.05) is 7.11 Å². The van der Waals surface area contributed by atoms with Crippen LogP contribution in [0, 0.1) is 0 Å². The second-order valence-electron chi connectivity index (χ2n) is 17.8. The van der Waals surface area contributed by atoms with Gasteiger partial charge < -0.3 is 9.84 Å². The third-order valence-corrected chi connectivity index (χ3v) is 11.3. The van der Waals surface area contributed by atoms with Crippen LogP contribution < -0.4 is 4.74 Å². The van der Waals surface area contributed by atoms with Crippen molar-refractivity contribution in [1.82, 2.24) is 0 Å². The first-order chi connectivity index (χ1) is 28.2. The average Bonchev–Trinajstić information content (AvgIpc) is 3.17. The summed E-state index contributed by atoms with van der Waals surface area (Å²) in [6, 6.07) is 5.67. The Balaban J connectivity index is 2.25. The predicted octanol–water partition coefficient (Wildman–Crippen LogP) is 18.4. The van der Waals surface area contributed by atoms with Gasteiger partial charge in [0.05, 0.1) is 7.11 Å². The van der Waals surface area contributed by atoms with Crippen LogP contribution >= 0.6 is 0 Å². The monoisotopic (exact) mass is 805 g/mol. The van der Waals surface area contributed by atoms with E-state index in [0.29, 0.717) is 5.75 Å². The number of hydrogen-bond donors (Lipinski definition) is 1. The van der Waals surface area contributed by atoms with E-state index in [1.54, 1.807) is 13.2 Å². The summed E-state index contributed by atoms with van der Waals surface area (Å²) in [6.45, 7) is 24.9. The summed E-state index contributed by atoms with van der Waals surface area (Å²) in [5.41, 5.74) is 15.8. The maximum Gasteiger partial charge on any atom is 0.161 e. The molecule has 0 bridgehead atoms. The summed E-state index contributed by atoms with van der Waals surface area (Å²) in [4.78, 5) is 0. The molecule has 1 aromatic carbocycles. The molecule has 0 radical (unpaired) electrons. The number of benzene rings is 1. The van der Waals surface area contributed by atoms with Gasteiger partial charge in [-0.15, -0.1) is 0 Å². The quantitative estimate of drug-likeness (QED) is 0.0785. The van der Waals surface area contributed by atoms with Crippen molar-refractivity contribution in [3.63, 3.8) is 0 Å². The third kappa shape index (κ3) is 29.1. The van der Waals surface area contributed by atoms with Gasteiger partial charge in [-0.05, 0) is 204 Å². The topological polar surface area (TPSA) is 29.5 Å². The van der Waals surface area contributed by atoms with Crippen LogP contribution in [0.2, 0.25) is 0 Å². The molecule has 0 atom stereocenters. The van der Waals surface area contributed by atoms with Crippen molar-refractivity contribution in [3.05, 3.63) is 140 Å². The molecule has 328 valence electrons. The maximum absolute atomic E-state index is 10.3. The van der Waals surface area contributed by atoms with Crippen molar-refractivity contribution in [3.8, 4) is 11.5 Å². The Bertz CT molecular complexity index is 1670. The highest BCUT2D eigenvalue weighted by Crippen LogP contribution is 2.30. The van der Waals surface area contributed by atoms with Gasteiger partial charge in [-0.3, -0.25) is 0 Å². The van der Waals surface area contributed by atoms with Crippen molar-refractivity contribution in [2.45, 2.75) is 198 Å². The number of para-hydroxylation sites is 1. The molecule has 59 heavy (non-hydrogen) atoms. The van der Waals surface area contributed by atoms with E-state index >= 15 is 0 Å². The van der Waals surface area contributed by atoms with Gasteiger partial charge >= 0.3 is 0 Å². The second-order valence-corrected chi connectivity index (χ2v) is 17.8. The van der Waals surface area contributed by atoms with Crippen LogP contribution in [0.25, 0.3) is 0 Å². The van der Waals surface area contributed by atoms with Crippen LogP contribution in [0.4, 0.5) is 0 Å². The van der Waals surface area contributed by atoms with Gasteiger partial charge in [-0.25, -0.2) is 0 Å². The standard InChI is InChI=1S/C57H88O2/c1-45(2)23-13-24-46(3)25-14-26-47(4)27-15-28-48(5)29-16-30-49(6)31-17-32-50(7)33-18-34-51(8)35-19-36-52(9)37-20-38-53(10)39-21-40-54(11)43-44-55-41-22-42-56(59-12)57(55)58/h22-23,25,27,29,31,33,35,37,39,41-43,58H,13-21,24,26,28,30,32,34,36,38,40,44H2,1-12H3. The summed E-state index contributed by atoms with van der Waals surface area (Å²) in [6.07, 6.45) is 45.4. The summed E-state index contributed by atoms with van der Waals surface area (Å²) in [5, 5.41) is 10.3. The lowest BCUT2D eigenvalue weighted by Gasteiger charge is -2.07. The third-order valence-electron chi connectivity index (χ3n) is 11.3. The first kappa shape index (κ1) is 53.2. The summed E-state index contributed by atoms with van der Waals surface area (Å²) in [5.74, 6) is 0.782. The highest BCUT2D eigenvalue weighted by atomic mass is 16.5. The molecule has 1 aromatic rings. The Hall–Kier alpha value is -3.78. The zero-order valence-corrected chi connectivity index (χ0v) is 40.3. The minimum absolute atomic E-state index is 0.248. The van der Waals surface area contributed by atoms with Crippen LogP contribution in [0.15, 0.2) is 135 Å². The zero-order valence-electron chi connectivity index (χ0n) is 40.3. The van der Waals surface area contributed by atoms with Crippen molar-refractivity contribution in [2.24, 2.45) is 0 Å². The molecular weight excluding hydrogens is 717 g/mol. The van der Waals surface area contributed by atoms with Crippen molar-refractivity contribution in [1.29, 1.82) is 0 Å². The molecule has 0 aliphatic heterocycles. The molecule has 0 saturated heterocycles. The molecule has 0 aliphatic rings. The smallest absolute Gasteiger partial charge is 0.161 e. The molecular formula is C57H88O2. The fourth-order valence-corrected chi connectivity index (χ4v) is 7.06. The number of phenolic OH excluding ortho intramolecular Hbond substituents is 1. The maximum atomic E-state index is 10.3. The van der Waals surface area contributed by atoms with Gasteiger partial charge in [-0.1, -0.05) is 129 Å². The number of allylic oxidation sites excluding steroid dienone is 20. The molecule has 0 heterocycles. The highest BCUT2D eigenvalue weighted by molar-refractivity contribution is 5.46. The number of phenols is 1. The van der Waals surface area contributed by atoms with Gasteiger partial charge in [-0.2, -0.15) is 0 Å². The number of hydrogen-bond acceptors (Lipinski definition) is 2. The van der Waals surface area contributed by atoms with Crippen LogP contribution in [0.3, 0.4) is 0 Å². The Morgan fingerprint density at radius 2 is 0.644 bits per heavy atom. The fourth-order valence-electron chi connectivity index (χ4n) is 7.06. The summed E-state index contributed by atoms with van der Waals surface area (Å²) >= 11 is 0. The normalized spacial score (nSPS) is 14.3. The molecule has 0 spiro atoms. The molecule has 1 N–H and O–H groups in total. The van der Waals surface area contributed by atoms with E-state index in [4.69, 9.17) is 4.74 Å². The Kier molecular flexibility index (Phi) is 29.8. The lowest BCUT2D eigenvalue weighted by atomic mass is 10.0. The van der Waals surface area contributed by atoms with Crippen LogP contribution in [-0.4, -0.2) is 12.2 Å². The van der Waals surface area contributed by atoms with E-state index in [0.717, 1.165) is 89.0 Å². The number of ether oxygens (including phenoxy) is 1. The molecule has 0 saturated carbocycles. The minimum atomic E-state index is 0.248. The van der Waals surface area contributed by atoms with E-state index in [2.05, 4.69) is 137 Å².